The molecule has 24 heavy (non-hydrogen) atoms. The van der Waals surface area contributed by atoms with Gasteiger partial charge in [0, 0.05) is 16.8 Å². The Balaban J connectivity index is 2.13. The zero-order chi connectivity index (χ0) is 17.6. The Kier molecular flexibility index (Phi) is 5.77. The highest BCUT2D eigenvalue weighted by molar-refractivity contribution is 7.92. The van der Waals surface area contributed by atoms with Crippen LogP contribution in [0.3, 0.4) is 0 Å². The highest BCUT2D eigenvalue weighted by Gasteiger charge is 2.06. The molecule has 126 valence electrons. The first-order valence-corrected chi connectivity index (χ1v) is 8.70. The van der Waals surface area contributed by atoms with Crippen molar-refractivity contribution in [2.45, 2.75) is 13.5 Å². The van der Waals surface area contributed by atoms with E-state index in [1.165, 1.54) is 12.1 Å². The minimum atomic E-state index is -3.34. The Hall–Kier alpha value is -2.59. The van der Waals surface area contributed by atoms with Crippen LogP contribution in [-0.4, -0.2) is 20.8 Å². The molecule has 1 N–H and O–H groups in total. The molecule has 0 fully saturated rings. The number of ether oxygens (including phenoxy) is 1. The summed E-state index contributed by atoms with van der Waals surface area (Å²) in [5.74, 6) is 5.81. The third-order valence-electron chi connectivity index (χ3n) is 2.95. The molecule has 0 amide bonds. The van der Waals surface area contributed by atoms with Gasteiger partial charge in [0.2, 0.25) is 10.0 Å². The number of nitrogens with one attached hydrogen (secondary N) is 1. The van der Waals surface area contributed by atoms with Crippen molar-refractivity contribution in [2.24, 2.45) is 0 Å². The standard InChI is InChI=1S/C17H15F2NO3S/c1-2-24(21,22)20-15-5-3-4-14(12-15)7-6-13-8-10-16(11-9-13)23-17(18)19/h3-5,8-12,17,20H,2H2,1H3. The molecule has 2 aromatic carbocycles. The van der Waals surface area contributed by atoms with Crippen molar-refractivity contribution in [1.82, 2.24) is 0 Å². The first kappa shape index (κ1) is 17.8. The molecule has 2 aromatic rings. The lowest BCUT2D eigenvalue weighted by Gasteiger charge is -2.05. The van der Waals surface area contributed by atoms with Crippen molar-refractivity contribution in [3.63, 3.8) is 0 Å². The van der Waals surface area contributed by atoms with Gasteiger partial charge in [-0.2, -0.15) is 8.78 Å². The van der Waals surface area contributed by atoms with E-state index in [0.29, 0.717) is 16.8 Å². The molecule has 0 radical (unpaired) electrons. The van der Waals surface area contributed by atoms with Gasteiger partial charge in [0.05, 0.1) is 5.75 Å². The largest absolute Gasteiger partial charge is 0.435 e. The topological polar surface area (TPSA) is 55.4 Å². The third-order valence-corrected chi connectivity index (χ3v) is 4.25. The van der Waals surface area contributed by atoms with E-state index in [2.05, 4.69) is 21.3 Å². The molecule has 0 spiro atoms. The zero-order valence-electron chi connectivity index (χ0n) is 12.8. The molecule has 0 aromatic heterocycles. The molecular formula is C17H15F2NO3S. The molecule has 0 aliphatic carbocycles. The van der Waals surface area contributed by atoms with Gasteiger partial charge in [-0.15, -0.1) is 0 Å². The summed E-state index contributed by atoms with van der Waals surface area (Å²) in [6, 6.07) is 12.6. The summed E-state index contributed by atoms with van der Waals surface area (Å²) < 4.78 is 54.0. The van der Waals surface area contributed by atoms with Gasteiger partial charge in [-0.1, -0.05) is 17.9 Å². The number of sulfonamides is 1. The summed E-state index contributed by atoms with van der Waals surface area (Å²) >= 11 is 0. The second kappa shape index (κ2) is 7.79. The van der Waals surface area contributed by atoms with Crippen molar-refractivity contribution in [1.29, 1.82) is 0 Å². The minimum Gasteiger partial charge on any atom is -0.435 e. The van der Waals surface area contributed by atoms with Crippen LogP contribution >= 0.6 is 0 Å². The molecule has 0 bridgehead atoms. The number of hydrogen-bond donors (Lipinski definition) is 1. The molecule has 7 heteroatoms. The van der Waals surface area contributed by atoms with Crippen molar-refractivity contribution in [2.75, 3.05) is 10.5 Å². The average molecular weight is 351 g/mol. The zero-order valence-corrected chi connectivity index (χ0v) is 13.6. The quantitative estimate of drug-likeness (QED) is 0.840. The Bertz CT molecular complexity index is 853. The van der Waals surface area contributed by atoms with E-state index in [9.17, 15) is 17.2 Å². The molecule has 0 saturated carbocycles. The fourth-order valence-corrected chi connectivity index (χ4v) is 2.41. The molecule has 0 aliphatic rings. The molecule has 4 nitrogen and oxygen atoms in total. The monoisotopic (exact) mass is 351 g/mol. The molecular weight excluding hydrogens is 336 g/mol. The Labute approximate surface area is 139 Å². The molecule has 2 rings (SSSR count). The first-order chi connectivity index (χ1) is 11.4. The van der Waals surface area contributed by atoms with Gasteiger partial charge in [0.25, 0.3) is 0 Å². The van der Waals surface area contributed by atoms with Crippen LogP contribution in [0, 0.1) is 11.8 Å². The predicted molar refractivity (Wildman–Crippen MR) is 88.6 cm³/mol. The van der Waals surface area contributed by atoms with Crippen LogP contribution in [0.2, 0.25) is 0 Å². The van der Waals surface area contributed by atoms with Gasteiger partial charge in [-0.3, -0.25) is 4.72 Å². The van der Waals surface area contributed by atoms with E-state index >= 15 is 0 Å². The number of benzene rings is 2. The maximum atomic E-state index is 12.1. The second-order valence-electron chi connectivity index (χ2n) is 4.74. The number of halogens is 2. The van der Waals surface area contributed by atoms with Crippen molar-refractivity contribution >= 4 is 15.7 Å². The lowest BCUT2D eigenvalue weighted by molar-refractivity contribution is -0.0498. The van der Waals surface area contributed by atoms with Crippen LogP contribution < -0.4 is 9.46 Å². The van der Waals surface area contributed by atoms with Gasteiger partial charge < -0.3 is 4.74 Å². The fourth-order valence-electron chi connectivity index (χ4n) is 1.78. The van der Waals surface area contributed by atoms with Crippen molar-refractivity contribution in [3.8, 4) is 17.6 Å². The number of anilines is 1. The molecule has 0 heterocycles. The van der Waals surface area contributed by atoms with E-state index in [1.54, 1.807) is 43.3 Å². The summed E-state index contributed by atoms with van der Waals surface area (Å²) in [7, 11) is -3.34. The smallest absolute Gasteiger partial charge is 0.387 e. The third kappa shape index (κ3) is 5.56. The van der Waals surface area contributed by atoms with Crippen LogP contribution in [0.1, 0.15) is 18.1 Å². The van der Waals surface area contributed by atoms with Crippen LogP contribution in [0.25, 0.3) is 0 Å². The van der Waals surface area contributed by atoms with Crippen LogP contribution in [-0.2, 0) is 10.0 Å². The Morgan fingerprint density at radius 2 is 1.75 bits per heavy atom. The van der Waals surface area contributed by atoms with E-state index in [4.69, 9.17) is 0 Å². The second-order valence-corrected chi connectivity index (χ2v) is 6.75. The normalized spacial score (nSPS) is 10.8. The van der Waals surface area contributed by atoms with Gasteiger partial charge in [-0.25, -0.2) is 8.42 Å². The average Bonchev–Trinajstić information content (AvgIpc) is 2.54. The van der Waals surface area contributed by atoms with Crippen LogP contribution in [0.15, 0.2) is 48.5 Å². The predicted octanol–water partition coefficient (Wildman–Crippen LogP) is 3.45. The molecule has 0 aliphatic heterocycles. The van der Waals surface area contributed by atoms with E-state index in [-0.39, 0.29) is 11.5 Å². The maximum absolute atomic E-state index is 12.1. The van der Waals surface area contributed by atoms with E-state index in [1.807, 2.05) is 0 Å². The SMILES string of the molecule is CCS(=O)(=O)Nc1cccc(C#Cc2ccc(OC(F)F)cc2)c1. The maximum Gasteiger partial charge on any atom is 0.387 e. The number of alkyl halides is 2. The Morgan fingerprint density at radius 3 is 2.38 bits per heavy atom. The molecule has 0 saturated heterocycles. The van der Waals surface area contributed by atoms with Gasteiger partial charge in [-0.05, 0) is 49.4 Å². The summed E-state index contributed by atoms with van der Waals surface area (Å²) in [4.78, 5) is 0. The molecule has 0 unspecified atom stereocenters. The van der Waals surface area contributed by atoms with Crippen molar-refractivity contribution < 1.29 is 21.9 Å². The van der Waals surface area contributed by atoms with Gasteiger partial charge >= 0.3 is 6.61 Å². The van der Waals surface area contributed by atoms with E-state index in [0.717, 1.165) is 0 Å². The summed E-state index contributed by atoms with van der Waals surface area (Å²) in [6.45, 7) is -1.32. The summed E-state index contributed by atoms with van der Waals surface area (Å²) in [5.41, 5.74) is 1.68. The fraction of sp³-hybridized carbons (Fsp3) is 0.176. The number of hydrogen-bond acceptors (Lipinski definition) is 3. The highest BCUT2D eigenvalue weighted by atomic mass is 32.2. The Morgan fingerprint density at radius 1 is 1.08 bits per heavy atom. The van der Waals surface area contributed by atoms with Gasteiger partial charge in [0.15, 0.2) is 0 Å². The highest BCUT2D eigenvalue weighted by Crippen LogP contribution is 2.15. The first-order valence-electron chi connectivity index (χ1n) is 7.05. The molecule has 0 atom stereocenters. The summed E-state index contributed by atoms with van der Waals surface area (Å²) in [5, 5.41) is 0. The van der Waals surface area contributed by atoms with Gasteiger partial charge in [0.1, 0.15) is 5.75 Å². The summed E-state index contributed by atoms with van der Waals surface area (Å²) in [6.07, 6.45) is 0. The van der Waals surface area contributed by atoms with E-state index < -0.39 is 16.6 Å². The van der Waals surface area contributed by atoms with Crippen LogP contribution in [0.5, 0.6) is 5.75 Å². The van der Waals surface area contributed by atoms with Crippen molar-refractivity contribution in [3.05, 3.63) is 59.7 Å². The minimum absolute atomic E-state index is 0.0179. The lowest BCUT2D eigenvalue weighted by Crippen LogP contribution is -2.14. The lowest BCUT2D eigenvalue weighted by atomic mass is 10.1. The van der Waals surface area contributed by atoms with Crippen LogP contribution in [0.4, 0.5) is 14.5 Å². The number of rotatable bonds is 5.